The van der Waals surface area contributed by atoms with Crippen molar-refractivity contribution in [3.63, 3.8) is 0 Å². The molecule has 9 heteroatoms. The van der Waals surface area contributed by atoms with E-state index >= 15 is 0 Å². The summed E-state index contributed by atoms with van der Waals surface area (Å²) in [5, 5.41) is 15.0. The first-order valence-corrected chi connectivity index (χ1v) is 7.95. The van der Waals surface area contributed by atoms with Crippen molar-refractivity contribution in [2.75, 3.05) is 20.8 Å². The van der Waals surface area contributed by atoms with E-state index in [1.165, 1.54) is 19.2 Å². The number of benzene rings is 2. The summed E-state index contributed by atoms with van der Waals surface area (Å²) in [6.07, 6.45) is 0.454. The Labute approximate surface area is 154 Å². The number of fused-ring (bicyclic) bond motifs is 1. The quantitative estimate of drug-likeness (QED) is 0.451. The van der Waals surface area contributed by atoms with Gasteiger partial charge < -0.3 is 19.0 Å². The van der Waals surface area contributed by atoms with Crippen molar-refractivity contribution in [3.8, 4) is 17.2 Å². The van der Waals surface area contributed by atoms with E-state index in [1.54, 1.807) is 25.3 Å². The zero-order valence-corrected chi connectivity index (χ0v) is 14.6. The van der Waals surface area contributed by atoms with Crippen LogP contribution in [0.25, 0.3) is 0 Å². The molecule has 0 bridgehead atoms. The second kappa shape index (κ2) is 7.73. The molecule has 0 aliphatic carbocycles. The number of hydrogen-bond donors (Lipinski definition) is 0. The van der Waals surface area contributed by atoms with E-state index in [4.69, 9.17) is 19.0 Å². The van der Waals surface area contributed by atoms with Gasteiger partial charge in [0.25, 0.3) is 0 Å². The van der Waals surface area contributed by atoms with Crippen LogP contribution in [0.5, 0.6) is 17.2 Å². The predicted octanol–water partition coefficient (Wildman–Crippen LogP) is 2.96. The summed E-state index contributed by atoms with van der Waals surface area (Å²) in [5.41, 5.74) is 0.891. The van der Waals surface area contributed by atoms with Crippen molar-refractivity contribution < 1.29 is 28.8 Å². The number of nitro benzene ring substituents is 1. The van der Waals surface area contributed by atoms with E-state index in [9.17, 15) is 14.9 Å². The first kappa shape index (κ1) is 18.2. The molecule has 2 aromatic rings. The molecule has 0 radical (unpaired) electrons. The molecule has 9 nitrogen and oxygen atoms in total. The largest absolute Gasteiger partial charge is 0.497 e. The average molecular weight is 372 g/mol. The minimum absolute atomic E-state index is 0.00568. The van der Waals surface area contributed by atoms with E-state index in [0.717, 1.165) is 6.07 Å². The van der Waals surface area contributed by atoms with Crippen LogP contribution in [0.1, 0.15) is 22.3 Å². The normalized spacial score (nSPS) is 14.1. The van der Waals surface area contributed by atoms with Crippen LogP contribution in [0.2, 0.25) is 0 Å². The van der Waals surface area contributed by atoms with Gasteiger partial charge in [0.1, 0.15) is 11.5 Å². The molecule has 1 aliphatic rings. The minimum Gasteiger partial charge on any atom is -0.497 e. The Morgan fingerprint density at radius 3 is 2.70 bits per heavy atom. The Balaban J connectivity index is 1.82. The molecule has 0 spiro atoms. The van der Waals surface area contributed by atoms with E-state index in [-0.39, 0.29) is 17.0 Å². The smallest absolute Gasteiger partial charge is 0.365 e. The van der Waals surface area contributed by atoms with Crippen LogP contribution >= 0.6 is 0 Å². The van der Waals surface area contributed by atoms with Gasteiger partial charge in [0.2, 0.25) is 0 Å². The Hall–Kier alpha value is -3.62. The topological polar surface area (TPSA) is 109 Å². The highest BCUT2D eigenvalue weighted by Gasteiger charge is 2.21. The molecule has 0 atom stereocenters. The number of methoxy groups -OCH3 is 2. The maximum Gasteiger partial charge on any atom is 0.365 e. The summed E-state index contributed by atoms with van der Waals surface area (Å²) >= 11 is 0. The minimum atomic E-state index is -0.810. The standard InChI is InChI=1S/C18H16N2O7/c1-24-12-4-5-13-14(7-8-26-17(13)10-12)19-27-18(21)11-3-6-16(25-2)15(9-11)20(22)23/h3-6,9-10H,7-8H2,1-2H3/b19-14-. The molecule has 0 saturated carbocycles. The number of hydrogen-bond acceptors (Lipinski definition) is 8. The maximum absolute atomic E-state index is 12.2. The van der Waals surface area contributed by atoms with Crippen LogP contribution in [-0.2, 0) is 4.84 Å². The van der Waals surface area contributed by atoms with Gasteiger partial charge in [-0.25, -0.2) is 4.79 Å². The molecule has 140 valence electrons. The molecule has 0 aromatic heterocycles. The van der Waals surface area contributed by atoms with Crippen LogP contribution in [0.3, 0.4) is 0 Å². The number of carbonyl (C=O) groups is 1. The van der Waals surface area contributed by atoms with Crippen LogP contribution in [0, 0.1) is 10.1 Å². The van der Waals surface area contributed by atoms with Gasteiger partial charge in [0.15, 0.2) is 5.75 Å². The van der Waals surface area contributed by atoms with Crippen LogP contribution in [-0.4, -0.2) is 37.4 Å². The highest BCUT2D eigenvalue weighted by Crippen LogP contribution is 2.30. The number of carbonyl (C=O) groups excluding carboxylic acids is 1. The molecule has 0 fully saturated rings. The van der Waals surface area contributed by atoms with Crippen molar-refractivity contribution in [2.24, 2.45) is 5.16 Å². The number of nitrogens with zero attached hydrogens (tertiary/aromatic N) is 2. The fourth-order valence-electron chi connectivity index (χ4n) is 2.58. The Kier molecular flexibility index (Phi) is 5.20. The lowest BCUT2D eigenvalue weighted by Crippen LogP contribution is -2.17. The number of nitro groups is 1. The van der Waals surface area contributed by atoms with E-state index in [1.807, 2.05) is 0 Å². The molecular formula is C18H16N2O7. The number of oxime groups is 1. The molecule has 27 heavy (non-hydrogen) atoms. The second-order valence-electron chi connectivity index (χ2n) is 5.52. The molecule has 3 rings (SSSR count). The van der Waals surface area contributed by atoms with Gasteiger partial charge in [-0.1, -0.05) is 5.16 Å². The van der Waals surface area contributed by atoms with Crippen LogP contribution in [0.15, 0.2) is 41.6 Å². The summed E-state index contributed by atoms with van der Waals surface area (Å²) in [6, 6.07) is 9.02. The van der Waals surface area contributed by atoms with Crippen LogP contribution < -0.4 is 14.2 Å². The lowest BCUT2D eigenvalue weighted by atomic mass is 10.0. The van der Waals surface area contributed by atoms with Gasteiger partial charge in [0, 0.05) is 24.1 Å². The van der Waals surface area contributed by atoms with Gasteiger partial charge in [0.05, 0.1) is 37.0 Å². The van der Waals surface area contributed by atoms with Crippen molar-refractivity contribution in [3.05, 3.63) is 57.6 Å². The third-order valence-corrected chi connectivity index (χ3v) is 3.95. The lowest BCUT2D eigenvalue weighted by molar-refractivity contribution is -0.385. The average Bonchev–Trinajstić information content (AvgIpc) is 2.70. The third kappa shape index (κ3) is 3.81. The summed E-state index contributed by atoms with van der Waals surface area (Å²) in [6.45, 7) is 0.380. The predicted molar refractivity (Wildman–Crippen MR) is 94.7 cm³/mol. The molecule has 0 amide bonds. The first-order valence-electron chi connectivity index (χ1n) is 7.95. The van der Waals surface area contributed by atoms with Gasteiger partial charge in [-0.3, -0.25) is 10.1 Å². The van der Waals surface area contributed by atoms with Crippen molar-refractivity contribution in [2.45, 2.75) is 6.42 Å². The van der Waals surface area contributed by atoms with Crippen molar-refractivity contribution in [1.82, 2.24) is 0 Å². The lowest BCUT2D eigenvalue weighted by Gasteiger charge is -2.19. The van der Waals surface area contributed by atoms with Crippen molar-refractivity contribution in [1.29, 1.82) is 0 Å². The molecule has 0 unspecified atom stereocenters. The summed E-state index contributed by atoms with van der Waals surface area (Å²) in [4.78, 5) is 27.7. The highest BCUT2D eigenvalue weighted by molar-refractivity contribution is 6.04. The van der Waals surface area contributed by atoms with Gasteiger partial charge in [-0.05, 0) is 24.3 Å². The second-order valence-corrected chi connectivity index (χ2v) is 5.52. The van der Waals surface area contributed by atoms with E-state index < -0.39 is 10.9 Å². The molecule has 0 N–H and O–H groups in total. The third-order valence-electron chi connectivity index (χ3n) is 3.95. The van der Waals surface area contributed by atoms with Gasteiger partial charge >= 0.3 is 11.7 Å². The highest BCUT2D eigenvalue weighted by atomic mass is 16.7. The fourth-order valence-corrected chi connectivity index (χ4v) is 2.58. The van der Waals surface area contributed by atoms with Gasteiger partial charge in [-0.2, -0.15) is 0 Å². The molecule has 2 aromatic carbocycles. The molecule has 1 aliphatic heterocycles. The Morgan fingerprint density at radius 2 is 2.00 bits per heavy atom. The first-order chi connectivity index (χ1) is 13.0. The monoisotopic (exact) mass is 372 g/mol. The number of ether oxygens (including phenoxy) is 3. The van der Waals surface area contributed by atoms with Crippen molar-refractivity contribution >= 4 is 17.4 Å². The Morgan fingerprint density at radius 1 is 1.19 bits per heavy atom. The molecular weight excluding hydrogens is 356 g/mol. The van der Waals surface area contributed by atoms with Crippen LogP contribution in [0.4, 0.5) is 5.69 Å². The zero-order chi connectivity index (χ0) is 19.4. The SMILES string of the molecule is COc1ccc2c(c1)OCC/C2=N/OC(=O)c1ccc(OC)c([N+](=O)[O-])c1. The van der Waals surface area contributed by atoms with E-state index in [0.29, 0.717) is 35.8 Å². The zero-order valence-electron chi connectivity index (χ0n) is 14.6. The van der Waals surface area contributed by atoms with Gasteiger partial charge in [-0.15, -0.1) is 0 Å². The molecule has 0 saturated heterocycles. The summed E-state index contributed by atoms with van der Waals surface area (Å²) in [7, 11) is 2.86. The summed E-state index contributed by atoms with van der Waals surface area (Å²) in [5.74, 6) is 0.456. The fraction of sp³-hybridized carbons (Fsp3) is 0.222. The maximum atomic E-state index is 12.2. The summed E-state index contributed by atoms with van der Waals surface area (Å²) < 4.78 is 15.6. The Bertz CT molecular complexity index is 924. The van der Waals surface area contributed by atoms with E-state index in [2.05, 4.69) is 5.16 Å². The molecule has 1 heterocycles. The number of rotatable bonds is 5.